The molecule has 8 heteroatoms. The molecular formula is C31H57N3O5. The van der Waals surface area contributed by atoms with Crippen molar-refractivity contribution in [3.8, 4) is 0 Å². The number of rotatable bonds is 21. The fourth-order valence-electron chi connectivity index (χ4n) is 4.89. The summed E-state index contributed by atoms with van der Waals surface area (Å²) in [6.45, 7) is 13.4. The summed E-state index contributed by atoms with van der Waals surface area (Å²) < 4.78 is 5.63. The van der Waals surface area contributed by atoms with Gasteiger partial charge in [0.05, 0.1) is 12.1 Å². The number of unbranched alkanes of at least 4 members (excludes halogenated alkanes) is 3. The minimum Gasteiger partial charge on any atom is -0.460 e. The van der Waals surface area contributed by atoms with Gasteiger partial charge in [-0.1, -0.05) is 59.6 Å². The second kappa shape index (κ2) is 19.9. The Hall–Kier alpha value is -2.06. The molecule has 0 saturated carbocycles. The monoisotopic (exact) mass is 551 g/mol. The molecule has 0 aromatic rings. The molecule has 0 heterocycles. The summed E-state index contributed by atoms with van der Waals surface area (Å²) in [5.74, 6) is 0.0110. The number of nitrogens with one attached hydrogen (secondary N) is 2. The van der Waals surface area contributed by atoms with Crippen molar-refractivity contribution < 1.29 is 23.9 Å². The summed E-state index contributed by atoms with van der Waals surface area (Å²) in [6.07, 6.45) is 8.84. The van der Waals surface area contributed by atoms with E-state index in [9.17, 15) is 19.2 Å². The summed E-state index contributed by atoms with van der Waals surface area (Å²) in [4.78, 5) is 52.5. The molecule has 0 radical (unpaired) electrons. The first-order valence-electron chi connectivity index (χ1n) is 14.7. The van der Waals surface area contributed by atoms with E-state index in [0.717, 1.165) is 32.1 Å². The molecule has 0 unspecified atom stereocenters. The molecule has 0 bridgehead atoms. The van der Waals surface area contributed by atoms with Crippen molar-refractivity contribution in [3.05, 3.63) is 12.2 Å². The van der Waals surface area contributed by atoms with E-state index in [2.05, 4.69) is 24.5 Å². The maximum Gasteiger partial charge on any atom is 0.302 e. The Kier molecular flexibility index (Phi) is 18.9. The molecule has 8 nitrogen and oxygen atoms in total. The van der Waals surface area contributed by atoms with Crippen molar-refractivity contribution in [2.45, 2.75) is 124 Å². The Morgan fingerprint density at radius 3 is 1.90 bits per heavy atom. The van der Waals surface area contributed by atoms with Crippen molar-refractivity contribution in [1.29, 1.82) is 0 Å². The number of likely N-dealkylation sites (N-methyl/N-ethyl adjacent to an activating group) is 2. The Labute approximate surface area is 238 Å². The van der Waals surface area contributed by atoms with E-state index >= 15 is 0 Å². The van der Waals surface area contributed by atoms with Crippen molar-refractivity contribution in [3.63, 3.8) is 0 Å². The Bertz CT molecular complexity index is 778. The predicted molar refractivity (Wildman–Crippen MR) is 158 cm³/mol. The van der Waals surface area contributed by atoms with Crippen LogP contribution in [0.1, 0.15) is 99.8 Å². The molecule has 0 spiro atoms. The third-order valence-corrected chi connectivity index (χ3v) is 7.08. The van der Waals surface area contributed by atoms with Gasteiger partial charge in [0.15, 0.2) is 11.6 Å². The number of hydrogen-bond donors (Lipinski definition) is 2. The molecule has 0 rings (SSSR count). The van der Waals surface area contributed by atoms with Gasteiger partial charge in [-0.3, -0.25) is 24.1 Å². The fourth-order valence-corrected chi connectivity index (χ4v) is 4.89. The van der Waals surface area contributed by atoms with E-state index in [1.165, 1.54) is 6.92 Å². The third-order valence-electron chi connectivity index (χ3n) is 7.08. The van der Waals surface area contributed by atoms with Crippen LogP contribution in [-0.4, -0.2) is 73.7 Å². The lowest BCUT2D eigenvalue weighted by molar-refractivity contribution is -0.155. The second-order valence-electron chi connectivity index (χ2n) is 11.8. The van der Waals surface area contributed by atoms with Crippen LogP contribution in [0.25, 0.3) is 0 Å². The van der Waals surface area contributed by atoms with E-state index in [0.29, 0.717) is 25.2 Å². The SMILES string of the molecule is C/C=C/C[C@@H](C)[C@@H](OC(C)=O)[C@@H](C(=O)CCCCCCC(=O)[C@@H](NC(=O)[C@H](CC(C)C)NC)C(C)C)N(C)C. The van der Waals surface area contributed by atoms with E-state index < -0.39 is 18.2 Å². The average Bonchev–Trinajstić information content (AvgIpc) is 2.84. The topological polar surface area (TPSA) is 105 Å². The lowest BCUT2D eigenvalue weighted by Gasteiger charge is -2.34. The molecule has 0 saturated heterocycles. The summed E-state index contributed by atoms with van der Waals surface area (Å²) in [7, 11) is 5.46. The van der Waals surface area contributed by atoms with Crippen molar-refractivity contribution in [2.24, 2.45) is 17.8 Å². The quantitative estimate of drug-likeness (QED) is 0.121. The van der Waals surface area contributed by atoms with E-state index in [1.54, 1.807) is 7.05 Å². The number of hydrogen-bond acceptors (Lipinski definition) is 7. The van der Waals surface area contributed by atoms with Crippen LogP contribution in [0.4, 0.5) is 0 Å². The van der Waals surface area contributed by atoms with E-state index in [-0.39, 0.29) is 41.3 Å². The highest BCUT2D eigenvalue weighted by atomic mass is 16.5. The maximum atomic E-state index is 13.2. The van der Waals surface area contributed by atoms with Crippen LogP contribution in [0.2, 0.25) is 0 Å². The number of carbonyl (C=O) groups excluding carboxylic acids is 4. The molecule has 2 N–H and O–H groups in total. The number of allylic oxidation sites excluding steroid dienone is 2. The zero-order valence-electron chi connectivity index (χ0n) is 26.3. The highest BCUT2D eigenvalue weighted by Crippen LogP contribution is 2.22. The van der Waals surface area contributed by atoms with Crippen LogP contribution in [-0.2, 0) is 23.9 Å². The zero-order valence-corrected chi connectivity index (χ0v) is 26.3. The van der Waals surface area contributed by atoms with Gasteiger partial charge in [-0.2, -0.15) is 0 Å². The summed E-state index contributed by atoms with van der Waals surface area (Å²) in [5, 5.41) is 6.02. The highest BCUT2D eigenvalue weighted by molar-refractivity contribution is 5.91. The summed E-state index contributed by atoms with van der Waals surface area (Å²) in [6, 6.07) is -1.30. The first-order chi connectivity index (χ1) is 18.3. The first-order valence-corrected chi connectivity index (χ1v) is 14.7. The number of ketones is 2. The van der Waals surface area contributed by atoms with Gasteiger partial charge < -0.3 is 15.4 Å². The first kappa shape index (κ1) is 36.9. The molecule has 226 valence electrons. The molecular weight excluding hydrogens is 494 g/mol. The standard InChI is InChI=1S/C31H57N3O5/c1-11-12-17-23(6)30(39-24(7)35)29(34(9)10)27(37)19-16-14-13-15-18-26(36)28(22(4)5)33-31(38)25(32-8)20-21(2)3/h11-12,21-23,25,28-30,32H,13-20H2,1-10H3,(H,33,38)/b12-11+/t23-,25+,28+,29-,30-/m1/s1. The van der Waals surface area contributed by atoms with Crippen LogP contribution < -0.4 is 10.6 Å². The second-order valence-corrected chi connectivity index (χ2v) is 11.8. The van der Waals surface area contributed by atoms with Crippen LogP contribution in [0.15, 0.2) is 12.2 Å². The Morgan fingerprint density at radius 1 is 0.897 bits per heavy atom. The van der Waals surface area contributed by atoms with E-state index in [4.69, 9.17) is 4.74 Å². The lowest BCUT2D eigenvalue weighted by Crippen LogP contribution is -2.51. The van der Waals surface area contributed by atoms with Gasteiger partial charge in [-0.05, 0) is 71.5 Å². The van der Waals surface area contributed by atoms with Crippen LogP contribution in [0, 0.1) is 17.8 Å². The van der Waals surface area contributed by atoms with Crippen molar-refractivity contribution in [2.75, 3.05) is 21.1 Å². The van der Waals surface area contributed by atoms with Gasteiger partial charge >= 0.3 is 5.97 Å². The van der Waals surface area contributed by atoms with Crippen molar-refractivity contribution >= 4 is 23.4 Å². The molecule has 5 atom stereocenters. The van der Waals surface area contributed by atoms with Gasteiger partial charge in [0, 0.05) is 19.8 Å². The van der Waals surface area contributed by atoms with E-state index in [1.807, 2.05) is 58.8 Å². The minimum absolute atomic E-state index is 0.00983. The fraction of sp³-hybridized carbons (Fsp3) is 0.806. The number of esters is 1. The number of nitrogens with zero attached hydrogens (tertiary/aromatic N) is 1. The molecule has 0 aliphatic rings. The Morgan fingerprint density at radius 2 is 1.46 bits per heavy atom. The molecule has 0 aliphatic carbocycles. The summed E-state index contributed by atoms with van der Waals surface area (Å²) >= 11 is 0. The van der Waals surface area contributed by atoms with Gasteiger partial charge in [-0.25, -0.2) is 0 Å². The van der Waals surface area contributed by atoms with Crippen LogP contribution in [0.3, 0.4) is 0 Å². The van der Waals surface area contributed by atoms with Gasteiger partial charge in [-0.15, -0.1) is 0 Å². The average molecular weight is 552 g/mol. The van der Waals surface area contributed by atoms with Gasteiger partial charge in [0.1, 0.15) is 12.1 Å². The normalized spacial score (nSPS) is 15.8. The molecule has 39 heavy (non-hydrogen) atoms. The van der Waals surface area contributed by atoms with Gasteiger partial charge in [0.2, 0.25) is 5.91 Å². The van der Waals surface area contributed by atoms with Crippen LogP contribution >= 0.6 is 0 Å². The molecule has 0 fully saturated rings. The third kappa shape index (κ3) is 14.8. The molecule has 0 aliphatic heterocycles. The molecule has 0 aromatic carbocycles. The number of Topliss-reactive ketones (excluding diaryl/α,β-unsaturated/α-hetero) is 2. The Balaban J connectivity index is 4.85. The zero-order chi connectivity index (χ0) is 30.1. The smallest absolute Gasteiger partial charge is 0.302 e. The van der Waals surface area contributed by atoms with Crippen LogP contribution in [0.5, 0.6) is 0 Å². The largest absolute Gasteiger partial charge is 0.460 e. The molecule has 1 amide bonds. The summed E-state index contributed by atoms with van der Waals surface area (Å²) in [5.41, 5.74) is 0. The van der Waals surface area contributed by atoms with Crippen molar-refractivity contribution in [1.82, 2.24) is 15.5 Å². The number of amides is 1. The lowest BCUT2D eigenvalue weighted by atomic mass is 9.89. The predicted octanol–water partition coefficient (Wildman–Crippen LogP) is 4.70. The van der Waals surface area contributed by atoms with Gasteiger partial charge in [0.25, 0.3) is 0 Å². The number of ether oxygens (including phenoxy) is 1. The maximum absolute atomic E-state index is 13.2. The molecule has 0 aromatic heterocycles. The highest BCUT2D eigenvalue weighted by Gasteiger charge is 2.35. The minimum atomic E-state index is -0.509. The number of carbonyl (C=O) groups is 4.